The van der Waals surface area contributed by atoms with Crippen molar-refractivity contribution in [1.29, 1.82) is 0 Å². The summed E-state index contributed by atoms with van der Waals surface area (Å²) in [6.45, 7) is 9.80. The van der Waals surface area contributed by atoms with Crippen molar-refractivity contribution in [1.82, 2.24) is 0 Å². The highest BCUT2D eigenvalue weighted by atomic mass is 127. The molecule has 0 aromatic heterocycles. The Bertz CT molecular complexity index is 367. The molecule has 102 valence electrons. The van der Waals surface area contributed by atoms with Crippen LogP contribution in [0, 0.1) is 10.5 Å². The Morgan fingerprint density at radius 3 is 1.94 bits per heavy atom. The van der Waals surface area contributed by atoms with Crippen LogP contribution in [0.4, 0.5) is 0 Å². The van der Waals surface area contributed by atoms with Crippen molar-refractivity contribution in [2.75, 3.05) is 19.8 Å². The molecular weight excluding hydrogens is 359 g/mol. The summed E-state index contributed by atoms with van der Waals surface area (Å²) in [6.07, 6.45) is 0. The van der Waals surface area contributed by atoms with Gasteiger partial charge in [0.05, 0.1) is 0 Å². The summed E-state index contributed by atoms with van der Waals surface area (Å²) < 4.78 is 18.9. The van der Waals surface area contributed by atoms with Crippen LogP contribution >= 0.6 is 22.6 Å². The second kappa shape index (κ2) is 7.59. The number of rotatable bonds is 7. The highest BCUT2D eigenvalue weighted by Gasteiger charge is 2.44. The van der Waals surface area contributed by atoms with Gasteiger partial charge in [0.1, 0.15) is 0 Å². The quantitative estimate of drug-likeness (QED) is 0.538. The first-order valence-corrected chi connectivity index (χ1v) is 9.09. The molecule has 0 aliphatic carbocycles. The predicted molar refractivity (Wildman–Crippen MR) is 84.2 cm³/mol. The molecule has 0 aliphatic heterocycles. The van der Waals surface area contributed by atoms with Gasteiger partial charge in [-0.3, -0.25) is 0 Å². The molecule has 0 N–H and O–H groups in total. The third kappa shape index (κ3) is 3.54. The van der Waals surface area contributed by atoms with Gasteiger partial charge in [0, 0.05) is 28.6 Å². The molecule has 0 aliphatic rings. The van der Waals surface area contributed by atoms with E-state index in [4.69, 9.17) is 13.3 Å². The van der Waals surface area contributed by atoms with Crippen LogP contribution in [0.15, 0.2) is 18.2 Å². The van der Waals surface area contributed by atoms with E-state index in [0.717, 1.165) is 5.19 Å². The van der Waals surface area contributed by atoms with Gasteiger partial charge in [-0.15, -0.1) is 0 Å². The summed E-state index contributed by atoms with van der Waals surface area (Å²) in [5.74, 6) is 0. The van der Waals surface area contributed by atoms with Gasteiger partial charge in [0.15, 0.2) is 0 Å². The van der Waals surface area contributed by atoms with Crippen molar-refractivity contribution < 1.29 is 13.3 Å². The molecule has 5 heteroatoms. The molecule has 0 unspecified atom stereocenters. The lowest BCUT2D eigenvalue weighted by molar-refractivity contribution is 0.0857. The number of benzene rings is 1. The summed E-state index contributed by atoms with van der Waals surface area (Å²) >= 11 is 2.34. The molecule has 0 spiro atoms. The fourth-order valence-electron chi connectivity index (χ4n) is 1.81. The maximum absolute atomic E-state index is 5.92. The second-order valence-electron chi connectivity index (χ2n) is 3.79. The largest absolute Gasteiger partial charge is 0.538 e. The molecule has 0 atom stereocenters. The van der Waals surface area contributed by atoms with Crippen molar-refractivity contribution in [3.05, 3.63) is 27.3 Å². The lowest BCUT2D eigenvalue weighted by Gasteiger charge is -2.29. The monoisotopic (exact) mass is 380 g/mol. The van der Waals surface area contributed by atoms with Gasteiger partial charge in [0.2, 0.25) is 0 Å². The summed E-state index contributed by atoms with van der Waals surface area (Å²) in [6, 6.07) is 6.18. The Morgan fingerprint density at radius 2 is 1.50 bits per heavy atom. The molecule has 0 radical (unpaired) electrons. The number of aryl methyl sites for hydroxylation is 1. The van der Waals surface area contributed by atoms with E-state index in [9.17, 15) is 0 Å². The molecule has 0 saturated heterocycles. The molecule has 3 nitrogen and oxygen atoms in total. The first kappa shape index (κ1) is 16.1. The topological polar surface area (TPSA) is 27.7 Å². The Kier molecular flexibility index (Phi) is 6.79. The maximum atomic E-state index is 5.92. The van der Waals surface area contributed by atoms with Crippen LogP contribution in [-0.2, 0) is 13.3 Å². The van der Waals surface area contributed by atoms with E-state index in [0.29, 0.717) is 19.8 Å². The van der Waals surface area contributed by atoms with Crippen molar-refractivity contribution >= 4 is 36.6 Å². The third-order valence-electron chi connectivity index (χ3n) is 2.52. The molecule has 1 rings (SSSR count). The standard InChI is InChI=1S/C13H21IO3Si/c1-5-15-18(16-6-2,17-7-3)12-10-8-9-11(4)13(12)14/h8-10H,5-7H2,1-4H3. The van der Waals surface area contributed by atoms with E-state index in [1.54, 1.807) is 0 Å². The molecular formula is C13H21IO3Si. The molecule has 0 fully saturated rings. The first-order chi connectivity index (χ1) is 8.61. The minimum atomic E-state index is -2.76. The molecule has 0 bridgehead atoms. The first-order valence-electron chi connectivity index (χ1n) is 6.28. The van der Waals surface area contributed by atoms with E-state index in [-0.39, 0.29) is 0 Å². The zero-order valence-electron chi connectivity index (χ0n) is 11.5. The van der Waals surface area contributed by atoms with Crippen LogP contribution in [0.1, 0.15) is 26.3 Å². The van der Waals surface area contributed by atoms with Gasteiger partial charge < -0.3 is 13.3 Å². The van der Waals surface area contributed by atoms with Crippen molar-refractivity contribution in [2.24, 2.45) is 0 Å². The molecule has 1 aromatic rings. The van der Waals surface area contributed by atoms with Gasteiger partial charge in [-0.2, -0.15) is 0 Å². The van der Waals surface area contributed by atoms with Crippen molar-refractivity contribution in [3.63, 3.8) is 0 Å². The van der Waals surface area contributed by atoms with Crippen molar-refractivity contribution in [3.8, 4) is 0 Å². The summed E-state index contributed by atoms with van der Waals surface area (Å²) in [7, 11) is -2.76. The summed E-state index contributed by atoms with van der Waals surface area (Å²) in [5, 5.41) is 1.08. The number of hydrogen-bond acceptors (Lipinski definition) is 3. The minimum Gasteiger partial charge on any atom is -0.370 e. The van der Waals surface area contributed by atoms with E-state index in [1.165, 1.54) is 9.13 Å². The Hall–Kier alpha value is 0.0469. The highest BCUT2D eigenvalue weighted by molar-refractivity contribution is 14.1. The third-order valence-corrected chi connectivity index (χ3v) is 7.55. The average Bonchev–Trinajstić information content (AvgIpc) is 2.33. The molecule has 0 heterocycles. The van der Waals surface area contributed by atoms with Crippen LogP contribution in [0.3, 0.4) is 0 Å². The minimum absolute atomic E-state index is 0.593. The summed E-state index contributed by atoms with van der Waals surface area (Å²) in [5.41, 5.74) is 1.23. The van der Waals surface area contributed by atoms with Gasteiger partial charge in [-0.1, -0.05) is 18.2 Å². The summed E-state index contributed by atoms with van der Waals surface area (Å²) in [4.78, 5) is 0. The van der Waals surface area contributed by atoms with Gasteiger partial charge in [0.25, 0.3) is 0 Å². The van der Waals surface area contributed by atoms with Gasteiger partial charge in [-0.25, -0.2) is 0 Å². The molecule has 1 aromatic carbocycles. The Balaban J connectivity index is 3.25. The SMILES string of the molecule is CCO[Si](OCC)(OCC)c1cccc(C)c1I. The van der Waals surface area contributed by atoms with Crippen LogP contribution in [0.5, 0.6) is 0 Å². The van der Waals surface area contributed by atoms with Gasteiger partial charge in [-0.05, 0) is 55.8 Å². The van der Waals surface area contributed by atoms with Crippen LogP contribution in [0.25, 0.3) is 0 Å². The van der Waals surface area contributed by atoms with Crippen LogP contribution < -0.4 is 5.19 Å². The Morgan fingerprint density at radius 1 is 1.00 bits per heavy atom. The Labute approximate surface area is 124 Å². The van der Waals surface area contributed by atoms with Crippen LogP contribution in [-0.4, -0.2) is 28.6 Å². The average molecular weight is 380 g/mol. The van der Waals surface area contributed by atoms with Gasteiger partial charge >= 0.3 is 8.80 Å². The van der Waals surface area contributed by atoms with E-state index < -0.39 is 8.80 Å². The zero-order chi connectivity index (χ0) is 13.6. The fraction of sp³-hybridized carbons (Fsp3) is 0.538. The smallest absolute Gasteiger partial charge is 0.370 e. The number of halogens is 1. The normalized spacial score (nSPS) is 11.8. The highest BCUT2D eigenvalue weighted by Crippen LogP contribution is 2.17. The zero-order valence-corrected chi connectivity index (χ0v) is 14.6. The predicted octanol–water partition coefficient (Wildman–Crippen LogP) is 2.86. The maximum Gasteiger partial charge on any atom is 0.538 e. The lowest BCUT2D eigenvalue weighted by Crippen LogP contribution is -2.58. The molecule has 18 heavy (non-hydrogen) atoms. The van der Waals surface area contributed by atoms with E-state index in [2.05, 4.69) is 41.6 Å². The van der Waals surface area contributed by atoms with Crippen LogP contribution in [0.2, 0.25) is 0 Å². The fourth-order valence-corrected chi connectivity index (χ4v) is 5.79. The second-order valence-corrected chi connectivity index (χ2v) is 7.39. The van der Waals surface area contributed by atoms with Crippen molar-refractivity contribution in [2.45, 2.75) is 27.7 Å². The van der Waals surface area contributed by atoms with E-state index in [1.807, 2.05) is 26.8 Å². The number of hydrogen-bond donors (Lipinski definition) is 0. The molecule has 0 amide bonds. The van der Waals surface area contributed by atoms with E-state index >= 15 is 0 Å². The lowest BCUT2D eigenvalue weighted by atomic mass is 10.2. The molecule has 0 saturated carbocycles.